The van der Waals surface area contributed by atoms with Gasteiger partial charge in [0.1, 0.15) is 6.61 Å². The molecule has 0 bridgehead atoms. The van der Waals surface area contributed by atoms with Crippen LogP contribution in [0.25, 0.3) is 0 Å². The number of aromatic carboxylic acids is 1. The number of benzene rings is 1. The number of hydrogen-bond donors (Lipinski definition) is 1. The molecule has 1 aromatic carbocycles. The maximum atomic E-state index is 11.0. The van der Waals surface area contributed by atoms with E-state index in [4.69, 9.17) is 14.6 Å². The van der Waals surface area contributed by atoms with Crippen molar-refractivity contribution >= 4 is 15.8 Å². The number of carbonyl (C=O) groups is 1. The van der Waals surface area contributed by atoms with Crippen LogP contribution in [0.1, 0.15) is 17.3 Å². The molecule has 0 saturated heterocycles. The lowest BCUT2D eigenvalue weighted by atomic mass is 10.2. The summed E-state index contributed by atoms with van der Waals surface area (Å²) in [6.45, 7) is 2.10. The molecule has 0 fully saturated rings. The monoisotopic (exact) mass is 288 g/mol. The molecule has 0 spiro atoms. The number of carboxylic acids is 1. The van der Waals surface area contributed by atoms with Crippen molar-refractivity contribution in [3.63, 3.8) is 0 Å². The van der Waals surface area contributed by atoms with Crippen LogP contribution in [0.3, 0.4) is 0 Å². The van der Waals surface area contributed by atoms with Crippen LogP contribution in [0.5, 0.6) is 11.5 Å². The first-order chi connectivity index (χ1) is 8.83. The highest BCUT2D eigenvalue weighted by molar-refractivity contribution is 7.90. The van der Waals surface area contributed by atoms with Crippen molar-refractivity contribution in [2.75, 3.05) is 25.2 Å². The van der Waals surface area contributed by atoms with Crippen LogP contribution >= 0.6 is 0 Å². The number of hydrogen-bond acceptors (Lipinski definition) is 5. The Morgan fingerprint density at radius 1 is 1.26 bits per heavy atom. The van der Waals surface area contributed by atoms with Gasteiger partial charge in [-0.05, 0) is 25.1 Å². The fraction of sp³-hybridized carbons (Fsp3) is 0.417. The smallest absolute Gasteiger partial charge is 0.335 e. The van der Waals surface area contributed by atoms with E-state index >= 15 is 0 Å². The van der Waals surface area contributed by atoms with Gasteiger partial charge >= 0.3 is 5.97 Å². The fourth-order valence-corrected chi connectivity index (χ4v) is 1.72. The standard InChI is InChI=1S/C12H16O6S/c1-3-17-11-8-9(12(13)14)4-5-10(11)18-6-7-19(2,15)16/h4-5,8H,3,6-7H2,1-2H3,(H,13,14). The molecule has 7 heteroatoms. The lowest BCUT2D eigenvalue weighted by Crippen LogP contribution is -2.12. The minimum absolute atomic E-state index is 0.00861. The van der Waals surface area contributed by atoms with E-state index in [1.165, 1.54) is 18.2 Å². The molecule has 6 nitrogen and oxygen atoms in total. The van der Waals surface area contributed by atoms with Crippen molar-refractivity contribution in [1.29, 1.82) is 0 Å². The third kappa shape index (κ3) is 5.17. The number of rotatable bonds is 7. The normalized spacial score (nSPS) is 11.1. The first-order valence-corrected chi connectivity index (χ1v) is 7.70. The Morgan fingerprint density at radius 3 is 2.47 bits per heavy atom. The Hall–Kier alpha value is -1.76. The van der Waals surface area contributed by atoms with Crippen LogP contribution < -0.4 is 9.47 Å². The molecular formula is C12H16O6S. The van der Waals surface area contributed by atoms with Crippen molar-refractivity contribution in [3.05, 3.63) is 23.8 Å². The van der Waals surface area contributed by atoms with Gasteiger partial charge in [-0.25, -0.2) is 13.2 Å². The lowest BCUT2D eigenvalue weighted by molar-refractivity contribution is 0.0696. The zero-order chi connectivity index (χ0) is 14.5. The van der Waals surface area contributed by atoms with Gasteiger partial charge in [-0.2, -0.15) is 0 Å². The molecule has 106 valence electrons. The average molecular weight is 288 g/mol. The maximum Gasteiger partial charge on any atom is 0.335 e. The Kier molecular flexibility index (Phi) is 5.17. The van der Waals surface area contributed by atoms with E-state index in [1.54, 1.807) is 6.92 Å². The second-order valence-electron chi connectivity index (χ2n) is 3.88. The van der Waals surface area contributed by atoms with Crippen molar-refractivity contribution in [2.45, 2.75) is 6.92 Å². The topological polar surface area (TPSA) is 89.9 Å². The molecule has 0 amide bonds. The molecule has 0 aromatic heterocycles. The number of sulfone groups is 1. The van der Waals surface area contributed by atoms with Gasteiger partial charge in [0.25, 0.3) is 0 Å². The lowest BCUT2D eigenvalue weighted by Gasteiger charge is -2.12. The van der Waals surface area contributed by atoms with E-state index in [2.05, 4.69) is 0 Å². The minimum atomic E-state index is -3.10. The van der Waals surface area contributed by atoms with E-state index in [9.17, 15) is 13.2 Å². The third-order valence-corrected chi connectivity index (χ3v) is 3.11. The van der Waals surface area contributed by atoms with Gasteiger partial charge in [-0.3, -0.25) is 0 Å². The second-order valence-corrected chi connectivity index (χ2v) is 6.14. The van der Waals surface area contributed by atoms with Gasteiger partial charge in [0.15, 0.2) is 21.3 Å². The van der Waals surface area contributed by atoms with Crippen molar-refractivity contribution in [3.8, 4) is 11.5 Å². The van der Waals surface area contributed by atoms with Crippen LogP contribution in [0.2, 0.25) is 0 Å². The molecule has 19 heavy (non-hydrogen) atoms. The summed E-state index contributed by atoms with van der Waals surface area (Å²) in [6, 6.07) is 4.18. The van der Waals surface area contributed by atoms with Crippen molar-refractivity contribution in [1.82, 2.24) is 0 Å². The SMILES string of the molecule is CCOc1cc(C(=O)O)ccc1OCCS(C)(=O)=O. The molecule has 1 N–H and O–H groups in total. The third-order valence-electron chi connectivity index (χ3n) is 2.20. The fourth-order valence-electron chi connectivity index (χ4n) is 1.33. The Bertz CT molecular complexity index is 549. The van der Waals surface area contributed by atoms with Gasteiger partial charge in [0.2, 0.25) is 0 Å². The predicted molar refractivity (Wildman–Crippen MR) is 69.8 cm³/mol. The van der Waals surface area contributed by atoms with Crippen LogP contribution in [0.15, 0.2) is 18.2 Å². The summed E-state index contributed by atoms with van der Waals surface area (Å²) in [7, 11) is -3.10. The molecular weight excluding hydrogens is 272 g/mol. The van der Waals surface area contributed by atoms with E-state index in [0.29, 0.717) is 12.4 Å². The van der Waals surface area contributed by atoms with E-state index in [0.717, 1.165) is 6.26 Å². The summed E-state index contributed by atoms with van der Waals surface area (Å²) in [5.74, 6) is -0.561. The predicted octanol–water partition coefficient (Wildman–Crippen LogP) is 1.21. The largest absolute Gasteiger partial charge is 0.490 e. The molecule has 0 radical (unpaired) electrons. The molecule has 0 heterocycles. The summed E-state index contributed by atoms with van der Waals surface area (Å²) in [5.41, 5.74) is 0.0823. The van der Waals surface area contributed by atoms with E-state index in [-0.39, 0.29) is 23.7 Å². The molecule has 0 aliphatic rings. The second kappa shape index (κ2) is 6.42. The number of carboxylic acid groups (broad SMARTS) is 1. The van der Waals surface area contributed by atoms with Gasteiger partial charge < -0.3 is 14.6 Å². The molecule has 1 rings (SSSR count). The van der Waals surface area contributed by atoms with E-state index in [1.807, 2.05) is 0 Å². The summed E-state index contributed by atoms with van der Waals surface area (Å²) in [4.78, 5) is 10.8. The zero-order valence-corrected chi connectivity index (χ0v) is 11.6. The van der Waals surface area contributed by atoms with Crippen LogP contribution in [0.4, 0.5) is 0 Å². The average Bonchev–Trinajstić information content (AvgIpc) is 2.29. The Balaban J connectivity index is 2.84. The number of ether oxygens (including phenoxy) is 2. The molecule has 0 atom stereocenters. The van der Waals surface area contributed by atoms with Crippen molar-refractivity contribution < 1.29 is 27.8 Å². The molecule has 0 unspecified atom stereocenters. The highest BCUT2D eigenvalue weighted by Crippen LogP contribution is 2.28. The van der Waals surface area contributed by atoms with Crippen LogP contribution in [0, 0.1) is 0 Å². The zero-order valence-electron chi connectivity index (χ0n) is 10.8. The Labute approximate surface area is 111 Å². The summed E-state index contributed by atoms with van der Waals surface area (Å²) in [5, 5.41) is 8.88. The van der Waals surface area contributed by atoms with E-state index < -0.39 is 15.8 Å². The highest BCUT2D eigenvalue weighted by atomic mass is 32.2. The molecule has 0 aliphatic heterocycles. The highest BCUT2D eigenvalue weighted by Gasteiger charge is 2.11. The summed E-state index contributed by atoms with van der Waals surface area (Å²) < 4.78 is 32.5. The van der Waals surface area contributed by atoms with Gasteiger partial charge in [0.05, 0.1) is 17.9 Å². The maximum absolute atomic E-state index is 11.0. The summed E-state index contributed by atoms with van der Waals surface area (Å²) in [6.07, 6.45) is 1.12. The van der Waals surface area contributed by atoms with Gasteiger partial charge in [-0.1, -0.05) is 0 Å². The molecule has 0 aliphatic carbocycles. The van der Waals surface area contributed by atoms with Gasteiger partial charge in [-0.15, -0.1) is 0 Å². The van der Waals surface area contributed by atoms with Crippen LogP contribution in [-0.4, -0.2) is 44.7 Å². The quantitative estimate of drug-likeness (QED) is 0.811. The summed E-state index contributed by atoms with van der Waals surface area (Å²) >= 11 is 0. The minimum Gasteiger partial charge on any atom is -0.490 e. The first kappa shape index (κ1) is 15.3. The molecule has 1 aromatic rings. The molecule has 0 saturated carbocycles. The van der Waals surface area contributed by atoms with Crippen LogP contribution in [-0.2, 0) is 9.84 Å². The first-order valence-electron chi connectivity index (χ1n) is 5.64. The van der Waals surface area contributed by atoms with Crippen molar-refractivity contribution in [2.24, 2.45) is 0 Å². The Morgan fingerprint density at radius 2 is 1.95 bits per heavy atom. The van der Waals surface area contributed by atoms with Gasteiger partial charge in [0, 0.05) is 6.26 Å².